The zero-order valence-corrected chi connectivity index (χ0v) is 11.7. The number of aryl methyl sites for hydroxylation is 1. The lowest BCUT2D eigenvalue weighted by molar-refractivity contribution is 0.0637. The average Bonchev–Trinajstić information content (AvgIpc) is 2.68. The molecule has 1 saturated heterocycles. The first-order chi connectivity index (χ1) is 8.06. The summed E-state index contributed by atoms with van der Waals surface area (Å²) in [6, 6.07) is 3.31. The van der Waals surface area contributed by atoms with Gasteiger partial charge in [0, 0.05) is 12.2 Å². The first-order valence-corrected chi connectivity index (χ1v) is 6.70. The third-order valence-corrected chi connectivity index (χ3v) is 3.72. The minimum absolute atomic E-state index is 0.223. The van der Waals surface area contributed by atoms with Crippen molar-refractivity contribution in [2.45, 2.75) is 38.9 Å². The minimum Gasteiger partial charge on any atom is -0.382 e. The number of rotatable bonds is 3. The minimum atomic E-state index is -0.223. The van der Waals surface area contributed by atoms with Crippen LogP contribution in [-0.4, -0.2) is 18.8 Å². The maximum Gasteiger partial charge on any atom is 0.137 e. The van der Waals surface area contributed by atoms with Crippen molar-refractivity contribution in [2.24, 2.45) is 0 Å². The van der Waals surface area contributed by atoms with Gasteiger partial charge in [0.05, 0.1) is 16.7 Å². The van der Waals surface area contributed by atoms with Gasteiger partial charge in [-0.15, -0.1) is 0 Å². The molecule has 4 heteroatoms. The number of benzene rings is 1. The molecule has 0 aromatic heterocycles. The Morgan fingerprint density at radius 2 is 2.24 bits per heavy atom. The molecule has 1 N–H and O–H groups in total. The number of hydrogen-bond acceptors (Lipinski definition) is 2. The monoisotopic (exact) mass is 301 g/mol. The highest BCUT2D eigenvalue weighted by Gasteiger charge is 2.21. The summed E-state index contributed by atoms with van der Waals surface area (Å²) in [6.07, 6.45) is 2.85. The summed E-state index contributed by atoms with van der Waals surface area (Å²) in [5.41, 5.74) is 1.87. The van der Waals surface area contributed by atoms with Crippen LogP contribution < -0.4 is 5.32 Å². The van der Waals surface area contributed by atoms with Crippen molar-refractivity contribution in [3.8, 4) is 0 Å². The van der Waals surface area contributed by atoms with Crippen LogP contribution in [0.3, 0.4) is 0 Å². The largest absolute Gasteiger partial charge is 0.382 e. The van der Waals surface area contributed by atoms with Gasteiger partial charge in [-0.3, -0.25) is 0 Å². The Morgan fingerprint density at radius 1 is 1.47 bits per heavy atom. The van der Waals surface area contributed by atoms with E-state index in [2.05, 4.69) is 28.2 Å². The number of ether oxygens (including phenoxy) is 1. The number of hydrogen-bond donors (Lipinski definition) is 1. The van der Waals surface area contributed by atoms with Crippen molar-refractivity contribution in [3.05, 3.63) is 28.0 Å². The lowest BCUT2D eigenvalue weighted by atomic mass is 10.1. The van der Waals surface area contributed by atoms with Crippen LogP contribution in [-0.2, 0) is 4.74 Å². The Morgan fingerprint density at radius 3 is 2.88 bits per heavy atom. The summed E-state index contributed by atoms with van der Waals surface area (Å²) in [4.78, 5) is 0. The van der Waals surface area contributed by atoms with Gasteiger partial charge in [-0.2, -0.15) is 0 Å². The van der Waals surface area contributed by atoms with Gasteiger partial charge in [-0.25, -0.2) is 4.39 Å². The Labute approximate surface area is 110 Å². The van der Waals surface area contributed by atoms with Crippen molar-refractivity contribution >= 4 is 21.6 Å². The number of halogens is 2. The highest BCUT2D eigenvalue weighted by atomic mass is 79.9. The number of anilines is 1. The molecule has 17 heavy (non-hydrogen) atoms. The van der Waals surface area contributed by atoms with E-state index in [9.17, 15) is 4.39 Å². The third-order valence-electron chi connectivity index (χ3n) is 3.11. The van der Waals surface area contributed by atoms with Crippen LogP contribution in [0.4, 0.5) is 10.1 Å². The van der Waals surface area contributed by atoms with E-state index in [1.807, 2.05) is 6.92 Å². The molecule has 2 nitrogen and oxygen atoms in total. The van der Waals surface area contributed by atoms with E-state index < -0.39 is 0 Å². The quantitative estimate of drug-likeness (QED) is 0.915. The molecule has 0 bridgehead atoms. The Kier molecular flexibility index (Phi) is 4.05. The van der Waals surface area contributed by atoms with Gasteiger partial charge < -0.3 is 10.1 Å². The van der Waals surface area contributed by atoms with Crippen LogP contribution in [0.25, 0.3) is 0 Å². The summed E-state index contributed by atoms with van der Waals surface area (Å²) in [5.74, 6) is -0.223. The summed E-state index contributed by atoms with van der Waals surface area (Å²) >= 11 is 3.20. The fourth-order valence-electron chi connectivity index (χ4n) is 2.10. The van der Waals surface area contributed by atoms with E-state index in [1.54, 1.807) is 6.07 Å². The van der Waals surface area contributed by atoms with E-state index >= 15 is 0 Å². The van der Waals surface area contributed by atoms with Gasteiger partial charge in [0.25, 0.3) is 0 Å². The zero-order valence-electron chi connectivity index (χ0n) is 10.1. The molecule has 0 amide bonds. The van der Waals surface area contributed by atoms with E-state index in [1.165, 1.54) is 6.07 Å². The standard InChI is InChI=1S/C13H17BrFNO/c1-8-5-12(15)11(14)6-13(8)16-7-10-4-3-9(2)17-10/h5-6,9-10,16H,3-4,7H2,1-2H3. The topological polar surface area (TPSA) is 21.3 Å². The molecule has 2 rings (SSSR count). The van der Waals surface area contributed by atoms with Gasteiger partial charge in [0.2, 0.25) is 0 Å². The summed E-state index contributed by atoms with van der Waals surface area (Å²) in [5, 5.41) is 3.32. The van der Waals surface area contributed by atoms with Crippen LogP contribution >= 0.6 is 15.9 Å². The van der Waals surface area contributed by atoms with Gasteiger partial charge in [0.15, 0.2) is 0 Å². The average molecular weight is 302 g/mol. The van der Waals surface area contributed by atoms with Crippen molar-refractivity contribution in [1.82, 2.24) is 0 Å². The van der Waals surface area contributed by atoms with Crippen LogP contribution in [0.1, 0.15) is 25.3 Å². The zero-order chi connectivity index (χ0) is 12.4. The predicted octanol–water partition coefficient (Wildman–Crippen LogP) is 3.88. The first kappa shape index (κ1) is 12.8. The molecule has 0 saturated carbocycles. The fraction of sp³-hybridized carbons (Fsp3) is 0.538. The Bertz CT molecular complexity index is 411. The Balaban J connectivity index is 1.97. The number of nitrogens with one attached hydrogen (secondary N) is 1. The molecule has 0 spiro atoms. The van der Waals surface area contributed by atoms with Crippen molar-refractivity contribution in [1.29, 1.82) is 0 Å². The molecule has 2 unspecified atom stereocenters. The molecule has 2 atom stereocenters. The van der Waals surface area contributed by atoms with Crippen LogP contribution in [0.5, 0.6) is 0 Å². The van der Waals surface area contributed by atoms with Gasteiger partial charge in [-0.1, -0.05) is 0 Å². The molecule has 94 valence electrons. The second-order valence-corrected chi connectivity index (χ2v) is 5.46. The molecule has 1 aliphatic heterocycles. The van der Waals surface area contributed by atoms with Crippen LogP contribution in [0, 0.1) is 12.7 Å². The van der Waals surface area contributed by atoms with Crippen LogP contribution in [0.2, 0.25) is 0 Å². The maximum absolute atomic E-state index is 13.3. The highest BCUT2D eigenvalue weighted by molar-refractivity contribution is 9.10. The Hall–Kier alpha value is -0.610. The third kappa shape index (κ3) is 3.19. The SMILES string of the molecule is Cc1cc(F)c(Br)cc1NCC1CCC(C)O1. The van der Waals surface area contributed by atoms with E-state index in [4.69, 9.17) is 4.74 Å². The lowest BCUT2D eigenvalue weighted by Gasteiger charge is -2.15. The smallest absolute Gasteiger partial charge is 0.137 e. The molecular weight excluding hydrogens is 285 g/mol. The van der Waals surface area contributed by atoms with Crippen molar-refractivity contribution < 1.29 is 9.13 Å². The fourth-order valence-corrected chi connectivity index (χ4v) is 2.44. The summed E-state index contributed by atoms with van der Waals surface area (Å²) in [6.45, 7) is 4.78. The molecule has 0 aliphatic carbocycles. The molecule has 1 fully saturated rings. The molecule has 1 heterocycles. The van der Waals surface area contributed by atoms with E-state index in [0.29, 0.717) is 10.6 Å². The molecule has 1 aromatic carbocycles. The van der Waals surface area contributed by atoms with Crippen molar-refractivity contribution in [2.75, 3.05) is 11.9 Å². The molecule has 0 radical (unpaired) electrons. The van der Waals surface area contributed by atoms with Crippen molar-refractivity contribution in [3.63, 3.8) is 0 Å². The molecular formula is C13H17BrFNO. The maximum atomic E-state index is 13.3. The van der Waals surface area contributed by atoms with Gasteiger partial charge in [-0.05, 0) is 60.3 Å². The lowest BCUT2D eigenvalue weighted by Crippen LogP contribution is -2.20. The second-order valence-electron chi connectivity index (χ2n) is 4.61. The first-order valence-electron chi connectivity index (χ1n) is 5.91. The predicted molar refractivity (Wildman–Crippen MR) is 70.9 cm³/mol. The molecule has 1 aromatic rings. The van der Waals surface area contributed by atoms with Crippen LogP contribution in [0.15, 0.2) is 16.6 Å². The second kappa shape index (κ2) is 5.36. The summed E-state index contributed by atoms with van der Waals surface area (Å²) in [7, 11) is 0. The normalized spacial score (nSPS) is 24.0. The van der Waals surface area contributed by atoms with E-state index in [-0.39, 0.29) is 11.9 Å². The highest BCUT2D eigenvalue weighted by Crippen LogP contribution is 2.25. The van der Waals surface area contributed by atoms with E-state index in [0.717, 1.165) is 30.6 Å². The molecule has 1 aliphatic rings. The summed E-state index contributed by atoms with van der Waals surface area (Å²) < 4.78 is 19.5. The van der Waals surface area contributed by atoms with Gasteiger partial charge in [0.1, 0.15) is 5.82 Å². The van der Waals surface area contributed by atoms with Gasteiger partial charge >= 0.3 is 0 Å².